The highest BCUT2D eigenvalue weighted by molar-refractivity contribution is 5.89. The number of carbonyl (C=O) groups is 1. The number of aromatic nitrogens is 2. The van der Waals surface area contributed by atoms with Crippen molar-refractivity contribution in [2.24, 2.45) is 0 Å². The molecule has 16 heavy (non-hydrogen) atoms. The van der Waals surface area contributed by atoms with Crippen molar-refractivity contribution in [3.63, 3.8) is 0 Å². The molecule has 0 fully saturated rings. The summed E-state index contributed by atoms with van der Waals surface area (Å²) in [7, 11) is 0. The third kappa shape index (κ3) is 3.36. The molecule has 0 atom stereocenters. The lowest BCUT2D eigenvalue weighted by Crippen LogP contribution is -2.15. The molecule has 0 aromatic carbocycles. The van der Waals surface area contributed by atoms with Crippen LogP contribution in [0.2, 0.25) is 0 Å². The Morgan fingerprint density at radius 3 is 2.50 bits per heavy atom. The second-order valence-electron chi connectivity index (χ2n) is 3.43. The Balaban J connectivity index is 0.00000106. The van der Waals surface area contributed by atoms with Crippen LogP contribution in [-0.4, -0.2) is 22.4 Å². The van der Waals surface area contributed by atoms with E-state index in [0.717, 1.165) is 5.56 Å². The van der Waals surface area contributed by atoms with Crippen molar-refractivity contribution >= 4 is 5.97 Å². The molecule has 1 rings (SSSR count). The molecule has 92 valence electrons. The minimum absolute atomic E-state index is 0.170. The Morgan fingerprint density at radius 2 is 2.06 bits per heavy atom. The van der Waals surface area contributed by atoms with Crippen LogP contribution in [0.5, 0.6) is 0 Å². The van der Waals surface area contributed by atoms with E-state index >= 15 is 0 Å². The first-order chi connectivity index (χ1) is 7.57. The maximum Gasteiger partial charge on any atom is 0.356 e. The summed E-state index contributed by atoms with van der Waals surface area (Å²) < 4.78 is 6.65. The largest absolute Gasteiger partial charge is 0.461 e. The lowest BCUT2D eigenvalue weighted by Gasteiger charge is -2.10. The smallest absolute Gasteiger partial charge is 0.356 e. The molecule has 0 radical (unpaired) electrons. The summed E-state index contributed by atoms with van der Waals surface area (Å²) in [5, 5.41) is 4.13. The molecule has 1 aromatic heterocycles. The third-order valence-electron chi connectivity index (χ3n) is 1.94. The van der Waals surface area contributed by atoms with Gasteiger partial charge in [0.2, 0.25) is 0 Å². The Labute approximate surface area is 97.6 Å². The number of rotatable bonds is 3. The number of hydrogen-bond acceptors (Lipinski definition) is 3. The monoisotopic (exact) mass is 226 g/mol. The lowest BCUT2D eigenvalue weighted by molar-refractivity contribution is 0.0509. The third-order valence-corrected chi connectivity index (χ3v) is 1.94. The van der Waals surface area contributed by atoms with Gasteiger partial charge in [-0.25, -0.2) is 4.79 Å². The fourth-order valence-electron chi connectivity index (χ4n) is 1.29. The number of carbonyl (C=O) groups excluding carboxylic acids is 1. The molecule has 0 saturated carbocycles. The predicted octanol–water partition coefficient (Wildman–Crippen LogP) is 2.98. The van der Waals surface area contributed by atoms with Crippen molar-refractivity contribution in [3.8, 4) is 0 Å². The zero-order valence-corrected chi connectivity index (χ0v) is 11.1. The number of esters is 1. The van der Waals surface area contributed by atoms with Gasteiger partial charge in [-0.15, -0.1) is 0 Å². The summed E-state index contributed by atoms with van der Waals surface area (Å²) in [5.74, 6) is -0.295. The first-order valence-electron chi connectivity index (χ1n) is 5.79. The first-order valence-corrected chi connectivity index (χ1v) is 5.79. The molecule has 0 saturated heterocycles. The van der Waals surface area contributed by atoms with E-state index in [1.54, 1.807) is 17.8 Å². The molecule has 0 aliphatic rings. The van der Waals surface area contributed by atoms with E-state index in [0.29, 0.717) is 12.3 Å². The molecule has 0 spiro atoms. The van der Waals surface area contributed by atoms with Crippen molar-refractivity contribution in [3.05, 3.63) is 17.5 Å². The zero-order chi connectivity index (χ0) is 12.7. The van der Waals surface area contributed by atoms with E-state index in [9.17, 15) is 4.79 Å². The zero-order valence-electron chi connectivity index (χ0n) is 11.1. The van der Waals surface area contributed by atoms with Gasteiger partial charge in [0, 0.05) is 11.6 Å². The van der Waals surface area contributed by atoms with Crippen LogP contribution in [-0.2, 0) is 4.74 Å². The van der Waals surface area contributed by atoms with Crippen molar-refractivity contribution in [1.29, 1.82) is 0 Å². The summed E-state index contributed by atoms with van der Waals surface area (Å²) in [6.45, 7) is 12.0. The van der Waals surface area contributed by atoms with Crippen LogP contribution in [0.15, 0.2) is 6.20 Å². The van der Waals surface area contributed by atoms with Crippen LogP contribution in [0, 0.1) is 6.92 Å². The molecule has 4 nitrogen and oxygen atoms in total. The first kappa shape index (κ1) is 14.7. The molecule has 1 aromatic rings. The van der Waals surface area contributed by atoms with E-state index in [4.69, 9.17) is 4.74 Å². The highest BCUT2D eigenvalue weighted by Gasteiger charge is 2.18. The number of hydrogen-bond donors (Lipinski definition) is 0. The molecule has 4 heteroatoms. The Kier molecular flexibility index (Phi) is 6.46. The highest BCUT2D eigenvalue weighted by atomic mass is 16.5. The Hall–Kier alpha value is -1.32. The van der Waals surface area contributed by atoms with E-state index in [1.807, 2.05) is 34.6 Å². The van der Waals surface area contributed by atoms with Crippen molar-refractivity contribution < 1.29 is 9.53 Å². The summed E-state index contributed by atoms with van der Waals surface area (Å²) in [4.78, 5) is 11.6. The fraction of sp³-hybridized carbons (Fsp3) is 0.667. The second kappa shape index (κ2) is 7.04. The molecule has 0 amide bonds. The molecule has 0 aliphatic heterocycles. The van der Waals surface area contributed by atoms with Crippen LogP contribution >= 0.6 is 0 Å². The van der Waals surface area contributed by atoms with Gasteiger partial charge in [-0.1, -0.05) is 13.8 Å². The van der Waals surface area contributed by atoms with Crippen molar-refractivity contribution in [2.45, 2.75) is 47.6 Å². The number of aryl methyl sites for hydroxylation is 1. The van der Waals surface area contributed by atoms with Gasteiger partial charge in [0.05, 0.1) is 12.8 Å². The maximum absolute atomic E-state index is 11.6. The van der Waals surface area contributed by atoms with E-state index in [1.165, 1.54) is 0 Å². The second-order valence-corrected chi connectivity index (χ2v) is 3.43. The standard InChI is InChI=1S/C10H16N2O2.C2H6/c1-5-14-10(13)9-8(4)6-11-12(9)7(2)3;1-2/h6-7H,5H2,1-4H3;1-2H3. The molecular formula is C12H22N2O2. The van der Waals surface area contributed by atoms with Crippen LogP contribution in [0.1, 0.15) is 56.7 Å². The molecule has 0 aliphatic carbocycles. The minimum Gasteiger partial charge on any atom is -0.461 e. The lowest BCUT2D eigenvalue weighted by atomic mass is 10.2. The highest BCUT2D eigenvalue weighted by Crippen LogP contribution is 2.13. The number of nitrogens with zero attached hydrogens (tertiary/aromatic N) is 2. The van der Waals surface area contributed by atoms with Gasteiger partial charge in [0.15, 0.2) is 0 Å². The van der Waals surface area contributed by atoms with Gasteiger partial charge in [-0.05, 0) is 27.7 Å². The molecular weight excluding hydrogens is 204 g/mol. The average molecular weight is 226 g/mol. The van der Waals surface area contributed by atoms with Gasteiger partial charge in [0.1, 0.15) is 5.69 Å². The Bertz CT molecular complexity index is 330. The molecule has 0 N–H and O–H groups in total. The summed E-state index contributed by atoms with van der Waals surface area (Å²) in [6, 6.07) is 0.170. The van der Waals surface area contributed by atoms with Crippen molar-refractivity contribution in [1.82, 2.24) is 9.78 Å². The van der Waals surface area contributed by atoms with Crippen LogP contribution < -0.4 is 0 Å². The van der Waals surface area contributed by atoms with Crippen LogP contribution in [0.4, 0.5) is 0 Å². The van der Waals surface area contributed by atoms with E-state index in [-0.39, 0.29) is 12.0 Å². The molecule has 1 heterocycles. The SMILES string of the molecule is CC.CCOC(=O)c1c(C)cnn1C(C)C. The quantitative estimate of drug-likeness (QED) is 0.744. The van der Waals surface area contributed by atoms with Crippen LogP contribution in [0.3, 0.4) is 0 Å². The Morgan fingerprint density at radius 1 is 1.50 bits per heavy atom. The van der Waals surface area contributed by atoms with E-state index < -0.39 is 0 Å². The maximum atomic E-state index is 11.6. The number of ether oxygens (including phenoxy) is 1. The minimum atomic E-state index is -0.295. The fourth-order valence-corrected chi connectivity index (χ4v) is 1.29. The van der Waals surface area contributed by atoms with Gasteiger partial charge < -0.3 is 4.74 Å². The van der Waals surface area contributed by atoms with Gasteiger partial charge >= 0.3 is 5.97 Å². The van der Waals surface area contributed by atoms with Crippen LogP contribution in [0.25, 0.3) is 0 Å². The normalized spacial score (nSPS) is 9.69. The van der Waals surface area contributed by atoms with Gasteiger partial charge in [0.25, 0.3) is 0 Å². The van der Waals surface area contributed by atoms with Gasteiger partial charge in [-0.2, -0.15) is 5.10 Å². The summed E-state index contributed by atoms with van der Waals surface area (Å²) >= 11 is 0. The summed E-state index contributed by atoms with van der Waals surface area (Å²) in [5.41, 5.74) is 1.42. The van der Waals surface area contributed by atoms with Crippen molar-refractivity contribution in [2.75, 3.05) is 6.61 Å². The molecule has 0 unspecified atom stereocenters. The average Bonchev–Trinajstić information content (AvgIpc) is 2.63. The van der Waals surface area contributed by atoms with E-state index in [2.05, 4.69) is 5.10 Å². The summed E-state index contributed by atoms with van der Waals surface area (Å²) in [6.07, 6.45) is 1.69. The topological polar surface area (TPSA) is 44.1 Å². The van der Waals surface area contributed by atoms with Gasteiger partial charge in [-0.3, -0.25) is 4.68 Å². The molecule has 0 bridgehead atoms. The predicted molar refractivity (Wildman–Crippen MR) is 64.7 cm³/mol.